The number of carbonyl (C=O) groups is 3. The summed E-state index contributed by atoms with van der Waals surface area (Å²) in [5, 5.41) is 37.1. The van der Waals surface area contributed by atoms with E-state index in [2.05, 4.69) is 16.0 Å². The van der Waals surface area contributed by atoms with Crippen molar-refractivity contribution in [1.82, 2.24) is 16.0 Å². The number of aryl methyl sites for hydroxylation is 1. The molecule has 35 heavy (non-hydrogen) atoms. The van der Waals surface area contributed by atoms with Gasteiger partial charge in [0.2, 0.25) is 5.91 Å². The smallest absolute Gasteiger partial charge is 0.328 e. The first-order valence-electron chi connectivity index (χ1n) is 11.1. The molecule has 11 heteroatoms. The molecule has 0 fully saturated rings. The molecule has 0 aliphatic heterocycles. The minimum Gasteiger partial charge on any atom is -0.508 e. The molecule has 2 rings (SSSR count). The van der Waals surface area contributed by atoms with E-state index in [1.807, 2.05) is 6.92 Å². The van der Waals surface area contributed by atoms with Crippen molar-refractivity contribution < 1.29 is 29.7 Å². The van der Waals surface area contributed by atoms with Crippen molar-refractivity contribution in [3.63, 3.8) is 0 Å². The number of aliphatic hydroxyl groups is 1. The van der Waals surface area contributed by atoms with E-state index in [0.29, 0.717) is 30.5 Å². The number of halogens is 2. The number of aromatic hydroxyl groups is 1. The Morgan fingerprint density at radius 3 is 2.37 bits per heavy atom. The number of carboxylic acids is 1. The van der Waals surface area contributed by atoms with Crippen LogP contribution in [0, 0.1) is 0 Å². The third-order valence-corrected chi connectivity index (χ3v) is 5.71. The first-order valence-corrected chi connectivity index (χ1v) is 11.8. The van der Waals surface area contributed by atoms with Crippen LogP contribution in [0.4, 0.5) is 0 Å². The predicted octanol–water partition coefficient (Wildman–Crippen LogP) is 2.66. The number of phenolic OH excluding ortho intramolecular Hbond substituents is 1. The maximum atomic E-state index is 12.7. The van der Waals surface area contributed by atoms with Crippen molar-refractivity contribution >= 4 is 41.0 Å². The Bertz CT molecular complexity index is 1030. The highest BCUT2D eigenvalue weighted by molar-refractivity contribution is 6.39. The Hall–Kier alpha value is -2.85. The van der Waals surface area contributed by atoms with Crippen molar-refractivity contribution in [3.8, 4) is 5.75 Å². The molecule has 6 N–H and O–H groups in total. The van der Waals surface area contributed by atoms with Gasteiger partial charge in [0.05, 0.1) is 28.3 Å². The van der Waals surface area contributed by atoms with Gasteiger partial charge in [-0.25, -0.2) is 4.79 Å². The zero-order valence-electron chi connectivity index (χ0n) is 19.2. The number of aliphatic hydroxyl groups excluding tert-OH is 1. The summed E-state index contributed by atoms with van der Waals surface area (Å²) in [4.78, 5) is 36.1. The summed E-state index contributed by atoms with van der Waals surface area (Å²) in [6.45, 7) is 2.32. The number of carboxylic acid groups (broad SMARTS) is 1. The molecule has 1 unspecified atom stereocenters. The van der Waals surface area contributed by atoms with E-state index in [1.54, 1.807) is 12.1 Å². The fourth-order valence-electron chi connectivity index (χ4n) is 3.28. The van der Waals surface area contributed by atoms with Crippen LogP contribution in [0.3, 0.4) is 0 Å². The summed E-state index contributed by atoms with van der Waals surface area (Å²) < 4.78 is 0. The van der Waals surface area contributed by atoms with Crippen molar-refractivity contribution in [3.05, 3.63) is 63.1 Å². The lowest BCUT2D eigenvalue weighted by Gasteiger charge is -2.17. The van der Waals surface area contributed by atoms with E-state index in [4.69, 9.17) is 23.2 Å². The molecule has 0 aliphatic rings. The summed E-state index contributed by atoms with van der Waals surface area (Å²) in [6, 6.07) is 7.97. The Labute approximate surface area is 213 Å². The molecule has 2 aromatic rings. The number of carbonyl (C=O) groups excluding carboxylic acids is 2. The van der Waals surface area contributed by atoms with Crippen molar-refractivity contribution in [2.24, 2.45) is 0 Å². The monoisotopic (exact) mass is 525 g/mol. The van der Waals surface area contributed by atoms with Gasteiger partial charge in [-0.3, -0.25) is 9.59 Å². The number of nitrogens with one attached hydrogen (secondary N) is 3. The fourth-order valence-corrected chi connectivity index (χ4v) is 3.98. The SMILES string of the molecule is CCCNCC(=O)NC[C@H](NC(=O)c1c(Cl)cc(CCC(O)c2cccc(O)c2)cc1Cl)C(=O)O. The average Bonchev–Trinajstić information content (AvgIpc) is 2.79. The van der Waals surface area contributed by atoms with E-state index in [-0.39, 0.29) is 34.4 Å². The van der Waals surface area contributed by atoms with Gasteiger partial charge in [-0.2, -0.15) is 0 Å². The first-order chi connectivity index (χ1) is 16.6. The highest BCUT2D eigenvalue weighted by atomic mass is 35.5. The number of aliphatic carboxylic acids is 1. The molecule has 0 aromatic heterocycles. The highest BCUT2D eigenvalue weighted by Crippen LogP contribution is 2.29. The standard InChI is InChI=1S/C24H29Cl2N3O6/c1-2-8-27-13-21(32)28-12-19(24(34)35)29-23(33)22-17(25)9-14(10-18(22)26)6-7-20(31)15-4-3-5-16(30)11-15/h3-5,9-11,19-20,27,30-31H,2,6-8,12-13H2,1H3,(H,28,32)(H,29,33)(H,34,35)/t19-,20?/m0/s1. The molecule has 0 saturated carbocycles. The van der Waals surface area contributed by atoms with Crippen LogP contribution in [0.1, 0.15) is 47.4 Å². The van der Waals surface area contributed by atoms with E-state index in [0.717, 1.165) is 6.42 Å². The second-order valence-electron chi connectivity index (χ2n) is 7.93. The van der Waals surface area contributed by atoms with Crippen LogP contribution >= 0.6 is 23.2 Å². The van der Waals surface area contributed by atoms with Gasteiger partial charge >= 0.3 is 5.97 Å². The Morgan fingerprint density at radius 2 is 1.77 bits per heavy atom. The fraction of sp³-hybridized carbons (Fsp3) is 0.375. The van der Waals surface area contributed by atoms with Gasteiger partial charge < -0.3 is 31.3 Å². The summed E-state index contributed by atoms with van der Waals surface area (Å²) in [5.41, 5.74) is 1.14. The molecule has 0 radical (unpaired) electrons. The van der Waals surface area contributed by atoms with Crippen LogP contribution in [-0.2, 0) is 16.0 Å². The van der Waals surface area contributed by atoms with Gasteiger partial charge in [0.25, 0.3) is 5.91 Å². The summed E-state index contributed by atoms with van der Waals surface area (Å²) in [6.07, 6.45) is 0.717. The molecule has 0 bridgehead atoms. The highest BCUT2D eigenvalue weighted by Gasteiger charge is 2.24. The van der Waals surface area contributed by atoms with Gasteiger partial charge in [0, 0.05) is 6.54 Å². The number of hydrogen-bond acceptors (Lipinski definition) is 6. The number of amides is 2. The molecular weight excluding hydrogens is 497 g/mol. The van der Waals surface area contributed by atoms with Crippen LogP contribution in [0.15, 0.2) is 36.4 Å². The quantitative estimate of drug-likeness (QED) is 0.220. The number of phenols is 1. The summed E-state index contributed by atoms with van der Waals surface area (Å²) in [5.74, 6) is -2.47. The maximum absolute atomic E-state index is 12.7. The summed E-state index contributed by atoms with van der Waals surface area (Å²) >= 11 is 12.6. The topological polar surface area (TPSA) is 148 Å². The largest absolute Gasteiger partial charge is 0.508 e. The zero-order chi connectivity index (χ0) is 26.0. The van der Waals surface area contributed by atoms with Gasteiger partial charge in [0.15, 0.2) is 0 Å². The van der Waals surface area contributed by atoms with Gasteiger partial charge in [-0.15, -0.1) is 0 Å². The third kappa shape index (κ3) is 9.03. The van der Waals surface area contributed by atoms with E-state index >= 15 is 0 Å². The van der Waals surface area contributed by atoms with Gasteiger partial charge in [-0.05, 0) is 61.2 Å². The van der Waals surface area contributed by atoms with Crippen LogP contribution in [0.5, 0.6) is 5.75 Å². The lowest BCUT2D eigenvalue weighted by atomic mass is 10.00. The number of hydrogen-bond donors (Lipinski definition) is 6. The second kappa shape index (κ2) is 13.9. The average molecular weight is 526 g/mol. The Kier molecular flexibility index (Phi) is 11.3. The molecule has 2 atom stereocenters. The van der Waals surface area contributed by atoms with Crippen LogP contribution in [-0.4, -0.2) is 58.8 Å². The van der Waals surface area contributed by atoms with E-state index in [9.17, 15) is 29.7 Å². The molecule has 0 aliphatic carbocycles. The maximum Gasteiger partial charge on any atom is 0.328 e. The zero-order valence-corrected chi connectivity index (χ0v) is 20.7. The van der Waals surface area contributed by atoms with E-state index in [1.165, 1.54) is 24.3 Å². The normalized spacial score (nSPS) is 12.6. The Morgan fingerprint density at radius 1 is 1.09 bits per heavy atom. The molecule has 0 spiro atoms. The molecule has 9 nitrogen and oxygen atoms in total. The molecular formula is C24H29Cl2N3O6. The van der Waals surface area contributed by atoms with Crippen LogP contribution < -0.4 is 16.0 Å². The van der Waals surface area contributed by atoms with Crippen molar-refractivity contribution in [2.45, 2.75) is 38.3 Å². The van der Waals surface area contributed by atoms with Gasteiger partial charge in [-0.1, -0.05) is 42.3 Å². The van der Waals surface area contributed by atoms with E-state index < -0.39 is 29.9 Å². The molecule has 0 saturated heterocycles. The number of benzene rings is 2. The van der Waals surface area contributed by atoms with Crippen LogP contribution in [0.2, 0.25) is 10.0 Å². The van der Waals surface area contributed by atoms with Crippen LogP contribution in [0.25, 0.3) is 0 Å². The summed E-state index contributed by atoms with van der Waals surface area (Å²) in [7, 11) is 0. The molecule has 2 amide bonds. The first kappa shape index (κ1) is 28.4. The molecule has 190 valence electrons. The Balaban J connectivity index is 2.01. The van der Waals surface area contributed by atoms with Gasteiger partial charge in [0.1, 0.15) is 11.8 Å². The minimum atomic E-state index is -1.39. The minimum absolute atomic E-state index is 0.0220. The third-order valence-electron chi connectivity index (χ3n) is 5.11. The lowest BCUT2D eigenvalue weighted by molar-refractivity contribution is -0.139. The van der Waals surface area contributed by atoms with Crippen molar-refractivity contribution in [1.29, 1.82) is 0 Å². The lowest BCUT2D eigenvalue weighted by Crippen LogP contribution is -2.49. The molecule has 0 heterocycles. The predicted molar refractivity (Wildman–Crippen MR) is 133 cm³/mol. The second-order valence-corrected chi connectivity index (χ2v) is 8.74. The molecule has 2 aromatic carbocycles. The van der Waals surface area contributed by atoms with Crippen molar-refractivity contribution in [2.75, 3.05) is 19.6 Å². The number of rotatable bonds is 13.